The van der Waals surface area contributed by atoms with E-state index in [1.807, 2.05) is 27.7 Å². The lowest BCUT2D eigenvalue weighted by atomic mass is 9.91. The van der Waals surface area contributed by atoms with Crippen molar-refractivity contribution in [1.82, 2.24) is 9.80 Å². The molecular formula is C16H32N2O2. The molecule has 1 aliphatic heterocycles. The van der Waals surface area contributed by atoms with Gasteiger partial charge in [0.2, 0.25) is 5.91 Å². The van der Waals surface area contributed by atoms with Gasteiger partial charge < -0.3 is 14.5 Å². The molecule has 0 aromatic heterocycles. The molecule has 1 fully saturated rings. The summed E-state index contributed by atoms with van der Waals surface area (Å²) >= 11 is 0. The molecule has 0 aromatic rings. The van der Waals surface area contributed by atoms with Crippen molar-refractivity contribution in [3.8, 4) is 0 Å². The fourth-order valence-electron chi connectivity index (χ4n) is 2.77. The van der Waals surface area contributed by atoms with Crippen molar-refractivity contribution < 1.29 is 9.53 Å². The van der Waals surface area contributed by atoms with Gasteiger partial charge in [-0.2, -0.15) is 0 Å². The van der Waals surface area contributed by atoms with E-state index in [4.69, 9.17) is 4.74 Å². The Morgan fingerprint density at radius 3 is 2.70 bits per heavy atom. The molecule has 1 rings (SSSR count). The molecule has 0 spiro atoms. The van der Waals surface area contributed by atoms with Gasteiger partial charge in [0.15, 0.2) is 0 Å². The van der Waals surface area contributed by atoms with Crippen molar-refractivity contribution in [3.63, 3.8) is 0 Å². The zero-order valence-electron chi connectivity index (χ0n) is 13.9. The van der Waals surface area contributed by atoms with Crippen LogP contribution in [-0.4, -0.2) is 62.1 Å². The first-order valence-corrected chi connectivity index (χ1v) is 7.90. The molecule has 1 aliphatic rings. The maximum atomic E-state index is 12.4. The molecule has 0 saturated carbocycles. The van der Waals surface area contributed by atoms with Crippen molar-refractivity contribution in [3.05, 3.63) is 0 Å². The Hall–Kier alpha value is -0.610. The Labute approximate surface area is 124 Å². The van der Waals surface area contributed by atoms with E-state index in [0.29, 0.717) is 11.8 Å². The average molecular weight is 284 g/mol. The second kappa shape index (κ2) is 7.99. The molecule has 20 heavy (non-hydrogen) atoms. The molecule has 0 radical (unpaired) electrons. The number of carbonyl (C=O) groups excluding carboxylic acids is 1. The van der Waals surface area contributed by atoms with Gasteiger partial charge in [-0.15, -0.1) is 0 Å². The highest BCUT2D eigenvalue weighted by Gasteiger charge is 2.31. The SMILES string of the molecule is CCOCCN(C)C[C@H]1CCCN(C(=O)C(C)(C)C)C1. The standard InChI is InChI=1S/C16H32N2O2/c1-6-20-11-10-17(5)12-14-8-7-9-18(13-14)15(19)16(2,3)4/h14H,6-13H2,1-5H3/t14-/m1/s1. The number of carbonyl (C=O) groups is 1. The van der Waals surface area contributed by atoms with Crippen molar-refractivity contribution in [2.75, 3.05) is 46.4 Å². The fourth-order valence-corrected chi connectivity index (χ4v) is 2.77. The van der Waals surface area contributed by atoms with Gasteiger partial charge in [0.1, 0.15) is 0 Å². The lowest BCUT2D eigenvalue weighted by Gasteiger charge is -2.37. The number of likely N-dealkylation sites (N-methyl/N-ethyl adjacent to an activating group) is 1. The van der Waals surface area contributed by atoms with Crippen LogP contribution in [0.3, 0.4) is 0 Å². The van der Waals surface area contributed by atoms with Crippen LogP contribution in [0.1, 0.15) is 40.5 Å². The Morgan fingerprint density at radius 2 is 2.10 bits per heavy atom. The summed E-state index contributed by atoms with van der Waals surface area (Å²) in [5, 5.41) is 0. The van der Waals surface area contributed by atoms with Crippen LogP contribution >= 0.6 is 0 Å². The van der Waals surface area contributed by atoms with Gasteiger partial charge in [-0.1, -0.05) is 20.8 Å². The van der Waals surface area contributed by atoms with Crippen LogP contribution in [0.4, 0.5) is 0 Å². The van der Waals surface area contributed by atoms with Gasteiger partial charge in [0.05, 0.1) is 6.61 Å². The smallest absolute Gasteiger partial charge is 0.227 e. The minimum atomic E-state index is -0.261. The molecule has 0 aliphatic carbocycles. The number of amides is 1. The summed E-state index contributed by atoms with van der Waals surface area (Å²) in [6.07, 6.45) is 2.36. The summed E-state index contributed by atoms with van der Waals surface area (Å²) in [6, 6.07) is 0. The quantitative estimate of drug-likeness (QED) is 0.701. The number of rotatable bonds is 6. The average Bonchev–Trinajstić information content (AvgIpc) is 2.37. The van der Waals surface area contributed by atoms with Crippen LogP contribution in [0, 0.1) is 11.3 Å². The third-order valence-corrected chi connectivity index (χ3v) is 3.84. The molecule has 1 saturated heterocycles. The number of nitrogens with zero attached hydrogens (tertiary/aromatic N) is 2. The first-order chi connectivity index (χ1) is 9.34. The van der Waals surface area contributed by atoms with Gasteiger partial charge in [-0.25, -0.2) is 0 Å². The van der Waals surface area contributed by atoms with Crippen LogP contribution in [0.5, 0.6) is 0 Å². The third-order valence-electron chi connectivity index (χ3n) is 3.84. The highest BCUT2D eigenvalue weighted by molar-refractivity contribution is 5.81. The van der Waals surface area contributed by atoms with Gasteiger partial charge in [-0.05, 0) is 32.7 Å². The van der Waals surface area contributed by atoms with E-state index in [-0.39, 0.29) is 5.41 Å². The number of ether oxygens (including phenoxy) is 1. The van der Waals surface area contributed by atoms with Crippen LogP contribution in [0.25, 0.3) is 0 Å². The normalized spacial score (nSPS) is 20.5. The summed E-state index contributed by atoms with van der Waals surface area (Å²) < 4.78 is 5.39. The summed E-state index contributed by atoms with van der Waals surface area (Å²) in [4.78, 5) is 16.7. The van der Waals surface area contributed by atoms with E-state index < -0.39 is 0 Å². The van der Waals surface area contributed by atoms with Crippen molar-refractivity contribution in [2.24, 2.45) is 11.3 Å². The molecule has 1 amide bonds. The lowest BCUT2D eigenvalue weighted by Crippen LogP contribution is -2.47. The summed E-state index contributed by atoms with van der Waals surface area (Å²) in [7, 11) is 2.14. The molecule has 0 aromatic carbocycles. The number of hydrogen-bond donors (Lipinski definition) is 0. The van der Waals surface area contributed by atoms with Crippen LogP contribution < -0.4 is 0 Å². The summed E-state index contributed by atoms with van der Waals surface area (Å²) in [6.45, 7) is 13.5. The van der Waals surface area contributed by atoms with Crippen LogP contribution in [0.15, 0.2) is 0 Å². The van der Waals surface area contributed by atoms with Gasteiger partial charge >= 0.3 is 0 Å². The van der Waals surface area contributed by atoms with E-state index >= 15 is 0 Å². The Kier molecular flexibility index (Phi) is 6.96. The predicted molar refractivity (Wildman–Crippen MR) is 82.7 cm³/mol. The third kappa shape index (κ3) is 5.80. The minimum Gasteiger partial charge on any atom is -0.380 e. The Morgan fingerprint density at radius 1 is 1.40 bits per heavy atom. The number of hydrogen-bond acceptors (Lipinski definition) is 3. The second-order valence-electron chi connectivity index (χ2n) is 6.97. The topological polar surface area (TPSA) is 32.8 Å². The van der Waals surface area contributed by atoms with E-state index in [1.165, 1.54) is 6.42 Å². The van der Waals surface area contributed by atoms with Crippen molar-refractivity contribution in [2.45, 2.75) is 40.5 Å². The van der Waals surface area contributed by atoms with E-state index in [0.717, 1.165) is 45.8 Å². The van der Waals surface area contributed by atoms with Gasteiger partial charge in [-0.3, -0.25) is 4.79 Å². The first-order valence-electron chi connectivity index (χ1n) is 7.90. The molecule has 0 N–H and O–H groups in total. The first kappa shape index (κ1) is 17.4. The van der Waals surface area contributed by atoms with E-state index in [9.17, 15) is 4.79 Å². The molecule has 0 bridgehead atoms. The van der Waals surface area contributed by atoms with Crippen molar-refractivity contribution >= 4 is 5.91 Å². The zero-order valence-corrected chi connectivity index (χ0v) is 13.9. The maximum absolute atomic E-state index is 12.4. The second-order valence-corrected chi connectivity index (χ2v) is 6.97. The molecule has 1 atom stereocenters. The molecule has 1 heterocycles. The van der Waals surface area contributed by atoms with E-state index in [1.54, 1.807) is 0 Å². The Balaban J connectivity index is 2.39. The maximum Gasteiger partial charge on any atom is 0.227 e. The Bertz CT molecular complexity index is 299. The summed E-state index contributed by atoms with van der Waals surface area (Å²) in [5.41, 5.74) is -0.261. The van der Waals surface area contributed by atoms with E-state index in [2.05, 4.69) is 16.8 Å². The minimum absolute atomic E-state index is 0.261. The monoisotopic (exact) mass is 284 g/mol. The predicted octanol–water partition coefficient (Wildman–Crippen LogP) is 2.24. The largest absolute Gasteiger partial charge is 0.380 e. The highest BCUT2D eigenvalue weighted by Crippen LogP contribution is 2.23. The van der Waals surface area contributed by atoms with Gasteiger partial charge in [0, 0.05) is 38.2 Å². The highest BCUT2D eigenvalue weighted by atomic mass is 16.5. The summed E-state index contributed by atoms with van der Waals surface area (Å²) in [5.74, 6) is 0.890. The zero-order chi connectivity index (χ0) is 15.2. The van der Waals surface area contributed by atoms with Crippen molar-refractivity contribution in [1.29, 1.82) is 0 Å². The van der Waals surface area contributed by atoms with Crippen LogP contribution in [0.2, 0.25) is 0 Å². The number of piperidine rings is 1. The number of likely N-dealkylation sites (tertiary alicyclic amines) is 1. The molecule has 4 heteroatoms. The fraction of sp³-hybridized carbons (Fsp3) is 0.938. The van der Waals surface area contributed by atoms with Gasteiger partial charge in [0.25, 0.3) is 0 Å². The molecule has 0 unspecified atom stereocenters. The molecular weight excluding hydrogens is 252 g/mol. The molecule has 4 nitrogen and oxygen atoms in total. The van der Waals surface area contributed by atoms with Crippen LogP contribution in [-0.2, 0) is 9.53 Å². The lowest BCUT2D eigenvalue weighted by molar-refractivity contribution is -0.141. The molecule has 118 valence electrons.